The molecule has 31 heavy (non-hydrogen) atoms. The first kappa shape index (κ1) is 21.2. The molecule has 4 rings (SSSR count). The van der Waals surface area contributed by atoms with Gasteiger partial charge in [0.05, 0.1) is 6.54 Å². The van der Waals surface area contributed by atoms with Crippen molar-refractivity contribution in [2.75, 3.05) is 53.0 Å². The van der Waals surface area contributed by atoms with Crippen molar-refractivity contribution in [1.82, 2.24) is 15.1 Å². The van der Waals surface area contributed by atoms with Crippen LogP contribution in [0.15, 0.2) is 42.5 Å². The molecule has 1 N–H and O–H groups in total. The number of fused-ring (bicyclic) bond motifs is 3. The smallest absolute Gasteiger partial charge is 0.253 e. The summed E-state index contributed by atoms with van der Waals surface area (Å²) >= 11 is 0. The Hall–Kier alpha value is -3.03. The van der Waals surface area contributed by atoms with Gasteiger partial charge in [-0.1, -0.05) is 30.3 Å². The van der Waals surface area contributed by atoms with E-state index in [1.165, 1.54) is 0 Å². The summed E-state index contributed by atoms with van der Waals surface area (Å²) in [5.74, 6) is -0.107. The van der Waals surface area contributed by atoms with E-state index in [9.17, 15) is 14.4 Å². The van der Waals surface area contributed by atoms with Gasteiger partial charge in [0.15, 0.2) is 5.78 Å². The van der Waals surface area contributed by atoms with Crippen LogP contribution in [0.2, 0.25) is 0 Å². The number of carbonyl (C=O) groups excluding carboxylic acids is 3. The van der Waals surface area contributed by atoms with Crippen LogP contribution in [-0.2, 0) is 9.53 Å². The summed E-state index contributed by atoms with van der Waals surface area (Å²) in [6.07, 6.45) is 0.791. The van der Waals surface area contributed by atoms with E-state index >= 15 is 0 Å². The van der Waals surface area contributed by atoms with Crippen LogP contribution >= 0.6 is 0 Å². The molecular weight excluding hydrogens is 394 g/mol. The highest BCUT2D eigenvalue weighted by Gasteiger charge is 2.29. The van der Waals surface area contributed by atoms with E-state index in [1.807, 2.05) is 30.3 Å². The Morgan fingerprint density at radius 3 is 2.42 bits per heavy atom. The van der Waals surface area contributed by atoms with Crippen molar-refractivity contribution < 1.29 is 19.1 Å². The van der Waals surface area contributed by atoms with Crippen molar-refractivity contribution in [2.24, 2.45) is 0 Å². The summed E-state index contributed by atoms with van der Waals surface area (Å²) in [6.45, 7) is 3.97. The average molecular weight is 421 g/mol. The van der Waals surface area contributed by atoms with Crippen molar-refractivity contribution in [3.8, 4) is 11.1 Å². The summed E-state index contributed by atoms with van der Waals surface area (Å²) in [6, 6.07) is 12.9. The summed E-state index contributed by atoms with van der Waals surface area (Å²) in [5, 5.41) is 2.89. The minimum absolute atomic E-state index is 0.00687. The molecule has 1 aliphatic heterocycles. The van der Waals surface area contributed by atoms with E-state index in [0.29, 0.717) is 62.6 Å². The lowest BCUT2D eigenvalue weighted by Crippen LogP contribution is -2.51. The van der Waals surface area contributed by atoms with Gasteiger partial charge in [0.1, 0.15) is 0 Å². The minimum Gasteiger partial charge on any atom is -0.385 e. The minimum atomic E-state index is -0.0739. The average Bonchev–Trinajstić information content (AvgIpc) is 3.08. The number of hydrogen-bond acceptors (Lipinski definition) is 5. The first-order chi connectivity index (χ1) is 15.1. The van der Waals surface area contributed by atoms with Gasteiger partial charge in [-0.05, 0) is 29.7 Å². The zero-order valence-electron chi connectivity index (χ0n) is 17.7. The molecule has 2 aromatic carbocycles. The highest BCUT2D eigenvalue weighted by molar-refractivity contribution is 6.22. The predicted octanol–water partition coefficient (Wildman–Crippen LogP) is 1.81. The monoisotopic (exact) mass is 421 g/mol. The molecule has 0 atom stereocenters. The lowest BCUT2D eigenvalue weighted by atomic mass is 10.0. The van der Waals surface area contributed by atoms with Crippen LogP contribution in [0, 0.1) is 0 Å². The number of ether oxygens (including phenoxy) is 1. The Morgan fingerprint density at radius 1 is 0.968 bits per heavy atom. The van der Waals surface area contributed by atoms with Crippen LogP contribution < -0.4 is 5.32 Å². The number of rotatable bonds is 7. The van der Waals surface area contributed by atoms with E-state index in [4.69, 9.17) is 4.74 Å². The molecule has 1 saturated heterocycles. The number of hydrogen-bond donors (Lipinski definition) is 1. The highest BCUT2D eigenvalue weighted by Crippen LogP contribution is 2.36. The van der Waals surface area contributed by atoms with Crippen molar-refractivity contribution >= 4 is 17.6 Å². The number of amides is 2. The lowest BCUT2D eigenvalue weighted by Gasteiger charge is -2.34. The largest absolute Gasteiger partial charge is 0.385 e. The fourth-order valence-corrected chi connectivity index (χ4v) is 4.16. The second kappa shape index (κ2) is 9.41. The first-order valence-corrected chi connectivity index (χ1v) is 10.6. The maximum absolute atomic E-state index is 13.0. The van der Waals surface area contributed by atoms with Crippen LogP contribution in [0.3, 0.4) is 0 Å². The van der Waals surface area contributed by atoms with E-state index in [0.717, 1.165) is 17.5 Å². The normalized spacial score (nSPS) is 15.5. The summed E-state index contributed by atoms with van der Waals surface area (Å²) in [4.78, 5) is 41.6. The van der Waals surface area contributed by atoms with Crippen LogP contribution in [-0.4, -0.2) is 80.4 Å². The molecule has 162 valence electrons. The third-order valence-corrected chi connectivity index (χ3v) is 5.85. The molecule has 7 nitrogen and oxygen atoms in total. The fraction of sp³-hybridized carbons (Fsp3) is 0.375. The molecule has 0 spiro atoms. The van der Waals surface area contributed by atoms with E-state index in [-0.39, 0.29) is 17.6 Å². The number of benzene rings is 2. The van der Waals surface area contributed by atoms with Gasteiger partial charge in [-0.3, -0.25) is 19.3 Å². The molecule has 2 aliphatic rings. The second-order valence-corrected chi connectivity index (χ2v) is 7.90. The van der Waals surface area contributed by atoms with Gasteiger partial charge in [-0.2, -0.15) is 0 Å². The molecule has 0 radical (unpaired) electrons. The molecule has 1 fully saturated rings. The highest BCUT2D eigenvalue weighted by atomic mass is 16.5. The second-order valence-electron chi connectivity index (χ2n) is 7.90. The number of methoxy groups -OCH3 is 1. The van der Waals surface area contributed by atoms with Gasteiger partial charge in [0.2, 0.25) is 5.91 Å². The zero-order chi connectivity index (χ0) is 21.8. The number of nitrogens with one attached hydrogen (secondary N) is 1. The molecule has 2 amide bonds. The quantitative estimate of drug-likeness (QED) is 0.589. The third-order valence-electron chi connectivity index (χ3n) is 5.85. The summed E-state index contributed by atoms with van der Waals surface area (Å²) < 4.78 is 4.97. The molecule has 0 aromatic heterocycles. The fourth-order valence-electron chi connectivity index (χ4n) is 4.16. The van der Waals surface area contributed by atoms with Gasteiger partial charge < -0.3 is 15.0 Å². The van der Waals surface area contributed by atoms with Crippen LogP contribution in [0.4, 0.5) is 0 Å². The summed E-state index contributed by atoms with van der Waals surface area (Å²) in [5.41, 5.74) is 3.63. The molecule has 1 aliphatic carbocycles. The molecule has 1 heterocycles. The van der Waals surface area contributed by atoms with Crippen LogP contribution in [0.25, 0.3) is 11.1 Å². The standard InChI is InChI=1S/C24H27N3O4/c1-31-14-4-9-25-22(28)16-26-10-12-27(13-11-26)24(30)17-7-8-19-18-5-2-3-6-20(18)23(29)21(19)15-17/h2-3,5-8,15H,4,9-14,16H2,1H3,(H,25,28). The lowest BCUT2D eigenvalue weighted by molar-refractivity contribution is -0.122. The number of nitrogens with zero attached hydrogens (tertiary/aromatic N) is 2. The number of carbonyl (C=O) groups is 3. The Bertz CT molecular complexity index is 996. The Kier molecular flexibility index (Phi) is 6.44. The van der Waals surface area contributed by atoms with Gasteiger partial charge in [0, 0.05) is 63.1 Å². The Balaban J connectivity index is 1.33. The van der Waals surface area contributed by atoms with Crippen molar-refractivity contribution in [3.63, 3.8) is 0 Å². The van der Waals surface area contributed by atoms with Crippen LogP contribution in [0.1, 0.15) is 32.7 Å². The summed E-state index contributed by atoms with van der Waals surface area (Å²) in [7, 11) is 1.64. The Labute approximate surface area is 182 Å². The molecule has 0 bridgehead atoms. The topological polar surface area (TPSA) is 79.0 Å². The van der Waals surface area contributed by atoms with Gasteiger partial charge >= 0.3 is 0 Å². The number of piperazine rings is 1. The predicted molar refractivity (Wildman–Crippen MR) is 117 cm³/mol. The van der Waals surface area contributed by atoms with E-state index in [2.05, 4.69) is 10.2 Å². The number of ketones is 1. The zero-order valence-corrected chi connectivity index (χ0v) is 17.7. The van der Waals surface area contributed by atoms with E-state index in [1.54, 1.807) is 24.1 Å². The molecule has 7 heteroatoms. The molecular formula is C24H27N3O4. The SMILES string of the molecule is COCCCNC(=O)CN1CCN(C(=O)c2ccc3c(c2)C(=O)c2ccccc2-3)CC1. The van der Waals surface area contributed by atoms with Crippen molar-refractivity contribution in [3.05, 3.63) is 59.2 Å². The van der Waals surface area contributed by atoms with Crippen molar-refractivity contribution in [1.29, 1.82) is 0 Å². The van der Waals surface area contributed by atoms with E-state index < -0.39 is 0 Å². The molecule has 2 aromatic rings. The third kappa shape index (κ3) is 4.52. The molecule has 0 unspecified atom stereocenters. The first-order valence-electron chi connectivity index (χ1n) is 10.6. The maximum Gasteiger partial charge on any atom is 0.253 e. The molecule has 0 saturated carbocycles. The van der Waals surface area contributed by atoms with Gasteiger partial charge in [-0.25, -0.2) is 0 Å². The van der Waals surface area contributed by atoms with Gasteiger partial charge in [0.25, 0.3) is 5.91 Å². The maximum atomic E-state index is 13.0. The van der Waals surface area contributed by atoms with Crippen molar-refractivity contribution in [2.45, 2.75) is 6.42 Å². The van der Waals surface area contributed by atoms with Crippen LogP contribution in [0.5, 0.6) is 0 Å². The van der Waals surface area contributed by atoms with Gasteiger partial charge in [-0.15, -0.1) is 0 Å². The Morgan fingerprint density at radius 2 is 1.68 bits per heavy atom.